The maximum absolute atomic E-state index is 12.2. The Kier molecular flexibility index (Phi) is 5.15. The van der Waals surface area contributed by atoms with E-state index in [0.29, 0.717) is 5.75 Å². The molecule has 0 radical (unpaired) electrons. The van der Waals surface area contributed by atoms with E-state index < -0.39 is 0 Å². The van der Waals surface area contributed by atoms with Gasteiger partial charge in [-0.2, -0.15) is 0 Å². The molecule has 112 valence electrons. The second kappa shape index (κ2) is 7.48. The Hall–Kier alpha value is -1.77. The van der Waals surface area contributed by atoms with Crippen molar-refractivity contribution in [3.63, 3.8) is 0 Å². The Morgan fingerprint density at radius 2 is 2.14 bits per heavy atom. The van der Waals surface area contributed by atoms with E-state index in [9.17, 15) is 4.79 Å². The highest BCUT2D eigenvalue weighted by Gasteiger charge is 2.19. The molecule has 22 heavy (non-hydrogen) atoms. The first kappa shape index (κ1) is 15.1. The van der Waals surface area contributed by atoms with Crippen molar-refractivity contribution in [2.75, 3.05) is 5.75 Å². The number of aromatic nitrogens is 3. The number of nitrogens with one attached hydrogen (secondary N) is 1. The van der Waals surface area contributed by atoms with Crippen molar-refractivity contribution in [1.29, 1.82) is 0 Å². The molecule has 2 aromatic heterocycles. The van der Waals surface area contributed by atoms with Gasteiger partial charge in [-0.15, -0.1) is 21.5 Å². The second-order valence-corrected chi connectivity index (χ2v) is 7.26. The van der Waals surface area contributed by atoms with Crippen molar-refractivity contribution in [3.05, 3.63) is 58.0 Å². The van der Waals surface area contributed by atoms with Crippen LogP contribution >= 0.6 is 34.4 Å². The number of carbonyl (C=O) groups excluding carboxylic acids is 1. The summed E-state index contributed by atoms with van der Waals surface area (Å²) in [6.45, 7) is 0. The van der Waals surface area contributed by atoms with Gasteiger partial charge in [0.2, 0.25) is 5.91 Å². The van der Waals surface area contributed by atoms with Crippen molar-refractivity contribution in [1.82, 2.24) is 20.5 Å². The van der Waals surface area contributed by atoms with Gasteiger partial charge in [-0.05, 0) is 5.56 Å². The summed E-state index contributed by atoms with van der Waals surface area (Å²) < 4.78 is 0.792. The van der Waals surface area contributed by atoms with E-state index >= 15 is 0 Å². The van der Waals surface area contributed by atoms with Crippen molar-refractivity contribution in [3.8, 4) is 0 Å². The van der Waals surface area contributed by atoms with Crippen molar-refractivity contribution >= 4 is 40.3 Å². The third kappa shape index (κ3) is 3.90. The second-order valence-electron chi connectivity index (χ2n) is 4.27. The van der Waals surface area contributed by atoms with Gasteiger partial charge in [-0.1, -0.05) is 53.4 Å². The van der Waals surface area contributed by atoms with Crippen LogP contribution in [0.15, 0.2) is 51.8 Å². The third-order valence-corrected chi connectivity index (χ3v) is 5.50. The highest BCUT2D eigenvalue weighted by Crippen LogP contribution is 2.24. The van der Waals surface area contributed by atoms with Crippen LogP contribution in [0.2, 0.25) is 0 Å². The van der Waals surface area contributed by atoms with Gasteiger partial charge >= 0.3 is 0 Å². The van der Waals surface area contributed by atoms with E-state index in [1.54, 1.807) is 11.7 Å². The summed E-state index contributed by atoms with van der Waals surface area (Å²) in [6.07, 6.45) is 1.75. The van der Waals surface area contributed by atoms with E-state index in [2.05, 4.69) is 20.5 Å². The zero-order chi connectivity index (χ0) is 15.2. The van der Waals surface area contributed by atoms with Crippen LogP contribution in [0.5, 0.6) is 0 Å². The molecule has 0 aliphatic carbocycles. The molecular formula is C14H12N4OS3. The fourth-order valence-corrected chi connectivity index (χ4v) is 3.88. The first-order chi connectivity index (χ1) is 10.8. The van der Waals surface area contributed by atoms with Gasteiger partial charge in [0.25, 0.3) is 0 Å². The summed E-state index contributed by atoms with van der Waals surface area (Å²) in [7, 11) is 0. The number of hydrogen-bond acceptors (Lipinski definition) is 7. The molecule has 0 aliphatic heterocycles. The number of carbonyl (C=O) groups is 1. The molecule has 1 atom stereocenters. The van der Waals surface area contributed by atoms with Crippen LogP contribution in [0, 0.1) is 0 Å². The van der Waals surface area contributed by atoms with Crippen molar-refractivity contribution < 1.29 is 4.79 Å². The summed E-state index contributed by atoms with van der Waals surface area (Å²) in [5, 5.41) is 13.5. The summed E-state index contributed by atoms with van der Waals surface area (Å²) in [6, 6.07) is 9.63. The smallest absolute Gasteiger partial charge is 0.231 e. The molecule has 0 spiro atoms. The van der Waals surface area contributed by atoms with Crippen molar-refractivity contribution in [2.24, 2.45) is 0 Å². The molecule has 0 unspecified atom stereocenters. The number of benzene rings is 1. The summed E-state index contributed by atoms with van der Waals surface area (Å²) in [5.41, 5.74) is 2.68. The quantitative estimate of drug-likeness (QED) is 0.694. The number of hydrogen-bond donors (Lipinski definition) is 1. The zero-order valence-electron chi connectivity index (χ0n) is 11.4. The van der Waals surface area contributed by atoms with E-state index in [0.717, 1.165) is 14.9 Å². The van der Waals surface area contributed by atoms with Crippen LogP contribution in [0.1, 0.15) is 16.6 Å². The minimum Gasteiger partial charge on any atom is -0.342 e. The Morgan fingerprint density at radius 3 is 2.82 bits per heavy atom. The first-order valence-corrected chi connectivity index (χ1v) is 9.20. The number of nitrogens with zero attached hydrogens (tertiary/aromatic N) is 3. The molecule has 1 amide bonds. The lowest BCUT2D eigenvalue weighted by Gasteiger charge is -2.16. The van der Waals surface area contributed by atoms with E-state index in [4.69, 9.17) is 0 Å². The van der Waals surface area contributed by atoms with E-state index in [1.165, 1.54) is 34.4 Å². The average molecular weight is 348 g/mol. The maximum atomic E-state index is 12.2. The largest absolute Gasteiger partial charge is 0.342 e. The highest BCUT2D eigenvalue weighted by molar-refractivity contribution is 8.01. The first-order valence-electron chi connectivity index (χ1n) is 6.45. The predicted octanol–water partition coefficient (Wildman–Crippen LogP) is 2.99. The lowest BCUT2D eigenvalue weighted by atomic mass is 10.1. The fraction of sp³-hybridized carbons (Fsp3) is 0.143. The van der Waals surface area contributed by atoms with E-state index in [-0.39, 0.29) is 11.9 Å². The van der Waals surface area contributed by atoms with E-state index in [1.807, 2.05) is 35.7 Å². The maximum Gasteiger partial charge on any atom is 0.231 e. The minimum atomic E-state index is -0.219. The molecule has 0 aliphatic rings. The molecule has 3 rings (SSSR count). The normalized spacial score (nSPS) is 12.0. The van der Waals surface area contributed by atoms with Crippen LogP contribution in [-0.2, 0) is 4.79 Å². The lowest BCUT2D eigenvalue weighted by molar-refractivity contribution is -0.119. The van der Waals surface area contributed by atoms with Crippen LogP contribution < -0.4 is 5.32 Å². The van der Waals surface area contributed by atoms with Crippen LogP contribution in [0.4, 0.5) is 0 Å². The zero-order valence-corrected chi connectivity index (χ0v) is 13.8. The Labute approximate surface area is 139 Å². The summed E-state index contributed by atoms with van der Waals surface area (Å²) in [4.78, 5) is 16.6. The molecule has 2 heterocycles. The molecule has 1 aromatic carbocycles. The highest BCUT2D eigenvalue weighted by atomic mass is 32.2. The predicted molar refractivity (Wildman–Crippen MR) is 89.2 cm³/mol. The number of amides is 1. The monoisotopic (exact) mass is 348 g/mol. The Balaban J connectivity index is 1.69. The van der Waals surface area contributed by atoms with Crippen LogP contribution in [0.3, 0.4) is 0 Å². The molecular weight excluding hydrogens is 336 g/mol. The molecule has 0 bridgehead atoms. The van der Waals surface area contributed by atoms with Gasteiger partial charge in [0.15, 0.2) is 4.34 Å². The van der Waals surface area contributed by atoms with Crippen molar-refractivity contribution in [2.45, 2.75) is 10.4 Å². The van der Waals surface area contributed by atoms with Crippen LogP contribution in [0.25, 0.3) is 0 Å². The minimum absolute atomic E-state index is 0.0516. The van der Waals surface area contributed by atoms with Gasteiger partial charge in [0, 0.05) is 11.6 Å². The van der Waals surface area contributed by atoms with Gasteiger partial charge in [-0.3, -0.25) is 4.79 Å². The molecule has 0 saturated heterocycles. The number of thiazole rings is 1. The molecule has 0 saturated carbocycles. The van der Waals surface area contributed by atoms with Gasteiger partial charge in [0.1, 0.15) is 16.6 Å². The van der Waals surface area contributed by atoms with Crippen LogP contribution in [-0.4, -0.2) is 26.8 Å². The SMILES string of the molecule is O=C(CSc1nncs1)N[C@H](c1ccccc1)c1nccs1. The van der Waals surface area contributed by atoms with Gasteiger partial charge < -0.3 is 5.32 Å². The van der Waals surface area contributed by atoms with Gasteiger partial charge in [-0.25, -0.2) is 4.98 Å². The van der Waals surface area contributed by atoms with Gasteiger partial charge in [0.05, 0.1) is 5.75 Å². The molecule has 5 nitrogen and oxygen atoms in total. The Morgan fingerprint density at radius 1 is 1.27 bits per heavy atom. The fourth-order valence-electron chi connectivity index (χ4n) is 1.87. The molecule has 0 fully saturated rings. The third-order valence-electron chi connectivity index (χ3n) is 2.80. The molecule has 3 aromatic rings. The standard InChI is InChI=1S/C14H12N4OS3/c19-11(8-21-14-18-16-9-22-14)17-12(13-15-6-7-20-13)10-4-2-1-3-5-10/h1-7,9,12H,8H2,(H,17,19)/t12-/m1/s1. The lowest BCUT2D eigenvalue weighted by Crippen LogP contribution is -2.30. The Bertz CT molecular complexity index is 701. The molecule has 8 heteroatoms. The summed E-state index contributed by atoms with van der Waals surface area (Å²) >= 11 is 4.34. The summed E-state index contributed by atoms with van der Waals surface area (Å²) in [5.74, 6) is 0.258. The molecule has 1 N–H and O–H groups in total. The number of thioether (sulfide) groups is 1. The topological polar surface area (TPSA) is 67.8 Å². The average Bonchev–Trinajstić information content (AvgIpc) is 3.25. The number of rotatable bonds is 6.